The van der Waals surface area contributed by atoms with Gasteiger partial charge in [-0.15, -0.1) is 0 Å². The smallest absolute Gasteiger partial charge is 0.409 e. The molecule has 12 nitrogen and oxygen atoms in total. The molecule has 0 atom stereocenters. The highest BCUT2D eigenvalue weighted by Crippen LogP contribution is 2.30. The van der Waals surface area contributed by atoms with E-state index in [0.717, 1.165) is 18.4 Å². The van der Waals surface area contributed by atoms with Gasteiger partial charge in [0.1, 0.15) is 11.7 Å². The van der Waals surface area contributed by atoms with Crippen molar-refractivity contribution >= 4 is 35.4 Å². The van der Waals surface area contributed by atoms with E-state index in [-0.39, 0.29) is 47.4 Å². The fraction of sp³-hybridized carbons (Fsp3) is 0.423. The Hall–Kier alpha value is -4.06. The number of hydrogen-bond donors (Lipinski definition) is 3. The monoisotopic (exact) mass is 559 g/mol. The second-order valence-electron chi connectivity index (χ2n) is 9.19. The number of amides is 4. The number of pyridine rings is 1. The summed E-state index contributed by atoms with van der Waals surface area (Å²) >= 11 is 5.93. The van der Waals surface area contributed by atoms with Crippen LogP contribution in [0.1, 0.15) is 52.1 Å². The topological polar surface area (TPSA) is 148 Å². The quantitative estimate of drug-likeness (QED) is 0.418. The number of halogens is 1. The van der Waals surface area contributed by atoms with E-state index >= 15 is 0 Å². The Morgan fingerprint density at radius 2 is 1.69 bits per heavy atom. The zero-order chi connectivity index (χ0) is 27.9. The van der Waals surface area contributed by atoms with Crippen molar-refractivity contribution in [2.24, 2.45) is 5.92 Å². The molecule has 39 heavy (non-hydrogen) atoms. The van der Waals surface area contributed by atoms with Crippen LogP contribution < -0.4 is 25.6 Å². The summed E-state index contributed by atoms with van der Waals surface area (Å²) < 4.78 is 16.2. The predicted octanol–water partition coefficient (Wildman–Crippen LogP) is 2.45. The summed E-state index contributed by atoms with van der Waals surface area (Å²) in [5.41, 5.74) is 5.49. The number of hydrazine groups is 1. The van der Waals surface area contributed by atoms with Crippen molar-refractivity contribution in [1.29, 1.82) is 0 Å². The van der Waals surface area contributed by atoms with Crippen molar-refractivity contribution in [2.75, 3.05) is 27.3 Å². The number of nitrogens with one attached hydrogen (secondary N) is 3. The standard InChI is InChI=1S/C26H30ClN5O7/c1-37-25-19(23(34)28-14-15-3-7-17(27)8-4-15)13-20(39-18-9-11-32(12-10-18)26(36)38-2)21(29-25)24(35)31-30-22(33)16-5-6-16/h3-4,7-8,13,16,18H,5-6,9-12,14H2,1-2H3,(H,28,34)(H,30,33)(H,31,35). The Balaban J connectivity index is 1.54. The van der Waals surface area contributed by atoms with Gasteiger partial charge in [0.25, 0.3) is 11.8 Å². The molecule has 2 heterocycles. The highest BCUT2D eigenvalue weighted by Gasteiger charge is 2.31. The van der Waals surface area contributed by atoms with Crippen LogP contribution in [0.25, 0.3) is 0 Å². The Kier molecular flexibility index (Phi) is 9.07. The Labute approximate surface area is 230 Å². The maximum absolute atomic E-state index is 13.1. The van der Waals surface area contributed by atoms with E-state index in [9.17, 15) is 19.2 Å². The summed E-state index contributed by atoms with van der Waals surface area (Å²) in [6, 6.07) is 8.41. The number of aromatic nitrogens is 1. The lowest BCUT2D eigenvalue weighted by atomic mass is 10.1. The molecule has 1 saturated heterocycles. The number of benzene rings is 1. The number of nitrogens with zero attached hydrogens (tertiary/aromatic N) is 2. The minimum Gasteiger partial charge on any atom is -0.488 e. The lowest BCUT2D eigenvalue weighted by molar-refractivity contribution is -0.123. The molecule has 0 unspecified atom stereocenters. The van der Waals surface area contributed by atoms with Gasteiger partial charge in [0, 0.05) is 49.5 Å². The van der Waals surface area contributed by atoms with Gasteiger partial charge in [-0.25, -0.2) is 9.78 Å². The maximum atomic E-state index is 13.1. The van der Waals surface area contributed by atoms with Gasteiger partial charge in [-0.1, -0.05) is 23.7 Å². The van der Waals surface area contributed by atoms with Crippen molar-refractivity contribution in [3.05, 3.63) is 52.2 Å². The molecule has 1 aromatic heterocycles. The maximum Gasteiger partial charge on any atom is 0.409 e. The summed E-state index contributed by atoms with van der Waals surface area (Å²) in [7, 11) is 2.65. The molecule has 2 fully saturated rings. The lowest BCUT2D eigenvalue weighted by Gasteiger charge is -2.31. The number of rotatable bonds is 8. The van der Waals surface area contributed by atoms with Gasteiger partial charge in [-0.3, -0.25) is 25.2 Å². The molecule has 1 aliphatic heterocycles. The van der Waals surface area contributed by atoms with E-state index in [0.29, 0.717) is 31.0 Å². The first-order chi connectivity index (χ1) is 18.8. The second-order valence-corrected chi connectivity index (χ2v) is 9.63. The third-order valence-corrected chi connectivity index (χ3v) is 6.64. The van der Waals surface area contributed by atoms with Gasteiger partial charge in [-0.2, -0.15) is 0 Å². The molecule has 0 radical (unpaired) electrons. The van der Waals surface area contributed by atoms with Crippen molar-refractivity contribution in [3.63, 3.8) is 0 Å². The molecule has 3 N–H and O–H groups in total. The van der Waals surface area contributed by atoms with Gasteiger partial charge >= 0.3 is 6.09 Å². The van der Waals surface area contributed by atoms with E-state index in [1.54, 1.807) is 29.2 Å². The van der Waals surface area contributed by atoms with Gasteiger partial charge in [0.15, 0.2) is 11.4 Å². The molecule has 1 aromatic carbocycles. The average Bonchev–Trinajstić information content (AvgIpc) is 3.81. The first-order valence-electron chi connectivity index (χ1n) is 12.5. The SMILES string of the molecule is COC(=O)N1CCC(Oc2cc(C(=O)NCc3ccc(Cl)cc3)c(OC)nc2C(=O)NNC(=O)C2CC2)CC1. The molecule has 1 aliphatic carbocycles. The minimum absolute atomic E-state index is 0.0436. The highest BCUT2D eigenvalue weighted by atomic mass is 35.5. The van der Waals surface area contributed by atoms with Crippen molar-refractivity contribution < 1.29 is 33.4 Å². The van der Waals surface area contributed by atoms with E-state index in [1.165, 1.54) is 20.3 Å². The number of hydrogen-bond acceptors (Lipinski definition) is 8. The summed E-state index contributed by atoms with van der Waals surface area (Å²) in [6.45, 7) is 1.01. The summed E-state index contributed by atoms with van der Waals surface area (Å²) in [4.78, 5) is 55.8. The zero-order valence-electron chi connectivity index (χ0n) is 21.6. The molecule has 13 heteroatoms. The minimum atomic E-state index is -0.725. The molecule has 1 saturated carbocycles. The van der Waals surface area contributed by atoms with Crippen LogP contribution >= 0.6 is 11.6 Å². The van der Waals surface area contributed by atoms with Gasteiger partial charge in [0.05, 0.1) is 14.2 Å². The average molecular weight is 560 g/mol. The van der Waals surface area contributed by atoms with Crippen LogP contribution in [0, 0.1) is 5.92 Å². The fourth-order valence-corrected chi connectivity index (χ4v) is 4.14. The Morgan fingerprint density at radius 3 is 2.31 bits per heavy atom. The van der Waals surface area contributed by atoms with Crippen molar-refractivity contribution in [2.45, 2.75) is 38.3 Å². The number of ether oxygens (including phenoxy) is 3. The molecule has 0 bridgehead atoms. The van der Waals surface area contributed by atoms with E-state index in [1.807, 2.05) is 0 Å². The lowest BCUT2D eigenvalue weighted by Crippen LogP contribution is -2.43. The van der Waals surface area contributed by atoms with Crippen LogP contribution in [0.15, 0.2) is 30.3 Å². The van der Waals surface area contributed by atoms with Crippen molar-refractivity contribution in [1.82, 2.24) is 26.1 Å². The molecule has 2 aliphatic rings. The number of carbonyl (C=O) groups excluding carboxylic acids is 4. The van der Waals surface area contributed by atoms with Gasteiger partial charge < -0.3 is 24.4 Å². The fourth-order valence-electron chi connectivity index (χ4n) is 4.02. The van der Waals surface area contributed by atoms with Crippen LogP contribution in [0.4, 0.5) is 4.79 Å². The van der Waals surface area contributed by atoms with Crippen LogP contribution in [0.2, 0.25) is 5.02 Å². The molecule has 4 rings (SSSR count). The van der Waals surface area contributed by atoms with E-state index in [4.69, 9.17) is 25.8 Å². The first kappa shape index (κ1) is 28.0. The molecule has 4 amide bonds. The van der Waals surface area contributed by atoms with Crippen LogP contribution in [-0.4, -0.2) is 67.1 Å². The normalized spacial score (nSPS) is 15.2. The largest absolute Gasteiger partial charge is 0.488 e. The van der Waals surface area contributed by atoms with Crippen LogP contribution in [0.3, 0.4) is 0 Å². The Bertz CT molecular complexity index is 1230. The third-order valence-electron chi connectivity index (χ3n) is 6.39. The third kappa shape index (κ3) is 7.29. The van der Waals surface area contributed by atoms with E-state index in [2.05, 4.69) is 21.2 Å². The zero-order valence-corrected chi connectivity index (χ0v) is 22.4. The first-order valence-corrected chi connectivity index (χ1v) is 12.9. The van der Waals surface area contributed by atoms with Crippen molar-refractivity contribution in [3.8, 4) is 11.6 Å². The number of likely N-dealkylation sites (tertiary alicyclic amines) is 1. The molecule has 208 valence electrons. The molecule has 2 aromatic rings. The second kappa shape index (κ2) is 12.7. The number of carbonyl (C=O) groups is 4. The number of methoxy groups -OCH3 is 2. The Morgan fingerprint density at radius 1 is 1.00 bits per heavy atom. The predicted molar refractivity (Wildman–Crippen MR) is 139 cm³/mol. The van der Waals surface area contributed by atoms with Crippen LogP contribution in [0.5, 0.6) is 11.6 Å². The molecule has 0 spiro atoms. The molecular formula is C26H30ClN5O7. The summed E-state index contributed by atoms with van der Waals surface area (Å²) in [6.07, 6.45) is 1.69. The van der Waals surface area contributed by atoms with Gasteiger partial charge in [-0.05, 0) is 30.5 Å². The molecular weight excluding hydrogens is 530 g/mol. The summed E-state index contributed by atoms with van der Waals surface area (Å²) in [5, 5.41) is 3.38. The van der Waals surface area contributed by atoms with Gasteiger partial charge in [0.2, 0.25) is 11.8 Å². The van der Waals surface area contributed by atoms with E-state index < -0.39 is 17.9 Å². The van der Waals surface area contributed by atoms with Crippen LogP contribution in [-0.2, 0) is 16.1 Å². The highest BCUT2D eigenvalue weighted by molar-refractivity contribution is 6.30. The summed E-state index contributed by atoms with van der Waals surface area (Å²) in [5.74, 6) is -1.66. The number of piperidine rings is 1.